The topological polar surface area (TPSA) is 67.4 Å². The van der Waals surface area contributed by atoms with E-state index in [0.717, 1.165) is 12.8 Å². The SMILES string of the molecule is CCCCNC(=O)c1ccccc1NC(=O)c1cccc(OCC(C)C)c1. The first kappa shape index (κ1) is 20.5. The molecule has 0 aliphatic rings. The van der Waals surface area contributed by atoms with E-state index in [1.165, 1.54) is 0 Å². The van der Waals surface area contributed by atoms with E-state index in [1.807, 2.05) is 6.07 Å². The van der Waals surface area contributed by atoms with Crippen LogP contribution in [0, 0.1) is 5.92 Å². The molecule has 144 valence electrons. The lowest BCUT2D eigenvalue weighted by Gasteiger charge is -2.12. The van der Waals surface area contributed by atoms with Crippen LogP contribution in [0.1, 0.15) is 54.3 Å². The van der Waals surface area contributed by atoms with Crippen molar-refractivity contribution in [2.75, 3.05) is 18.5 Å². The zero-order valence-electron chi connectivity index (χ0n) is 16.2. The molecule has 0 unspecified atom stereocenters. The Morgan fingerprint density at radius 2 is 1.81 bits per heavy atom. The van der Waals surface area contributed by atoms with Gasteiger partial charge in [0.05, 0.1) is 17.9 Å². The van der Waals surface area contributed by atoms with Crippen molar-refractivity contribution >= 4 is 17.5 Å². The van der Waals surface area contributed by atoms with E-state index in [9.17, 15) is 9.59 Å². The first-order valence-corrected chi connectivity index (χ1v) is 9.42. The van der Waals surface area contributed by atoms with Gasteiger partial charge in [-0.05, 0) is 42.7 Å². The molecule has 5 heteroatoms. The van der Waals surface area contributed by atoms with Gasteiger partial charge >= 0.3 is 0 Å². The second-order valence-electron chi connectivity index (χ2n) is 6.84. The number of nitrogens with one attached hydrogen (secondary N) is 2. The number of para-hydroxylation sites is 1. The Balaban J connectivity index is 2.10. The molecule has 0 fully saturated rings. The first-order chi connectivity index (χ1) is 13.0. The summed E-state index contributed by atoms with van der Waals surface area (Å²) in [5.41, 5.74) is 1.43. The number of rotatable bonds is 9. The van der Waals surface area contributed by atoms with E-state index in [4.69, 9.17) is 4.74 Å². The summed E-state index contributed by atoms with van der Waals surface area (Å²) in [4.78, 5) is 25.0. The molecule has 2 aromatic carbocycles. The summed E-state index contributed by atoms with van der Waals surface area (Å²) in [6, 6.07) is 14.1. The number of unbranched alkanes of at least 4 members (excludes halogenated alkanes) is 1. The maximum Gasteiger partial charge on any atom is 0.255 e. The van der Waals surface area contributed by atoms with Crippen molar-refractivity contribution in [2.45, 2.75) is 33.6 Å². The van der Waals surface area contributed by atoms with Gasteiger partial charge in [0.2, 0.25) is 0 Å². The van der Waals surface area contributed by atoms with Gasteiger partial charge in [-0.25, -0.2) is 0 Å². The average molecular weight is 368 g/mol. The van der Waals surface area contributed by atoms with Crippen LogP contribution in [0.2, 0.25) is 0 Å². The summed E-state index contributed by atoms with van der Waals surface area (Å²) in [6.45, 7) is 7.41. The normalized spacial score (nSPS) is 10.5. The van der Waals surface area contributed by atoms with Crippen LogP contribution in [0.3, 0.4) is 0 Å². The zero-order chi connectivity index (χ0) is 19.6. The lowest BCUT2D eigenvalue weighted by molar-refractivity contribution is 0.0954. The molecule has 0 spiro atoms. The van der Waals surface area contributed by atoms with Gasteiger partial charge in [0.1, 0.15) is 5.75 Å². The Labute approximate surface area is 161 Å². The fraction of sp³-hybridized carbons (Fsp3) is 0.364. The number of ether oxygens (including phenoxy) is 1. The second kappa shape index (κ2) is 10.4. The first-order valence-electron chi connectivity index (χ1n) is 9.42. The van der Waals surface area contributed by atoms with Crippen LogP contribution in [0.25, 0.3) is 0 Å². The lowest BCUT2D eigenvalue weighted by Crippen LogP contribution is -2.26. The molecular weight excluding hydrogens is 340 g/mol. The number of carbonyl (C=O) groups is 2. The standard InChI is InChI=1S/C22H28N2O3/c1-4-5-13-23-22(26)19-11-6-7-12-20(19)24-21(25)17-9-8-10-18(14-17)27-15-16(2)3/h6-12,14,16H,4-5,13,15H2,1-3H3,(H,23,26)(H,24,25). The summed E-state index contributed by atoms with van der Waals surface area (Å²) in [7, 11) is 0. The molecule has 0 heterocycles. The minimum absolute atomic E-state index is 0.187. The molecule has 2 aromatic rings. The zero-order valence-corrected chi connectivity index (χ0v) is 16.2. The molecule has 2 rings (SSSR count). The minimum Gasteiger partial charge on any atom is -0.493 e. The maximum atomic E-state index is 12.6. The molecule has 0 aromatic heterocycles. The van der Waals surface area contributed by atoms with Crippen molar-refractivity contribution < 1.29 is 14.3 Å². The highest BCUT2D eigenvalue weighted by molar-refractivity contribution is 6.09. The number of amides is 2. The van der Waals surface area contributed by atoms with Gasteiger partial charge in [0.25, 0.3) is 11.8 Å². The van der Waals surface area contributed by atoms with E-state index in [0.29, 0.717) is 41.6 Å². The van der Waals surface area contributed by atoms with Crippen molar-refractivity contribution in [2.24, 2.45) is 5.92 Å². The fourth-order valence-corrected chi connectivity index (χ4v) is 2.45. The Morgan fingerprint density at radius 1 is 1.04 bits per heavy atom. The molecule has 0 saturated heterocycles. The molecule has 0 aliphatic carbocycles. The van der Waals surface area contributed by atoms with Crippen LogP contribution in [0.4, 0.5) is 5.69 Å². The Kier molecular flexibility index (Phi) is 7.86. The summed E-state index contributed by atoms with van der Waals surface area (Å²) < 4.78 is 5.68. The molecule has 2 N–H and O–H groups in total. The average Bonchev–Trinajstić information content (AvgIpc) is 2.67. The smallest absolute Gasteiger partial charge is 0.255 e. The van der Waals surface area contributed by atoms with Gasteiger partial charge in [-0.2, -0.15) is 0 Å². The molecule has 5 nitrogen and oxygen atoms in total. The third-order valence-corrected chi connectivity index (χ3v) is 3.92. The quantitative estimate of drug-likeness (QED) is 0.640. The van der Waals surface area contributed by atoms with Crippen molar-refractivity contribution in [3.63, 3.8) is 0 Å². The summed E-state index contributed by atoms with van der Waals surface area (Å²) >= 11 is 0. The Morgan fingerprint density at radius 3 is 2.56 bits per heavy atom. The molecule has 0 aliphatic heterocycles. The maximum absolute atomic E-state index is 12.6. The van der Waals surface area contributed by atoms with Gasteiger partial charge < -0.3 is 15.4 Å². The molecular formula is C22H28N2O3. The molecule has 2 amide bonds. The number of benzene rings is 2. The van der Waals surface area contributed by atoms with Crippen molar-refractivity contribution in [3.8, 4) is 5.75 Å². The summed E-state index contributed by atoms with van der Waals surface area (Å²) in [5, 5.41) is 5.71. The molecule has 0 saturated carbocycles. The minimum atomic E-state index is -0.279. The largest absolute Gasteiger partial charge is 0.493 e. The van der Waals surface area contributed by atoms with E-state index >= 15 is 0 Å². The molecule has 27 heavy (non-hydrogen) atoms. The van der Waals surface area contributed by atoms with E-state index in [1.54, 1.807) is 42.5 Å². The van der Waals surface area contributed by atoms with Crippen molar-refractivity contribution in [1.29, 1.82) is 0 Å². The predicted octanol–water partition coefficient (Wildman–Crippen LogP) is 4.50. The number of hydrogen-bond donors (Lipinski definition) is 2. The van der Waals surface area contributed by atoms with E-state index < -0.39 is 0 Å². The van der Waals surface area contributed by atoms with Gasteiger partial charge in [0, 0.05) is 12.1 Å². The van der Waals surface area contributed by atoms with E-state index in [2.05, 4.69) is 31.4 Å². The third-order valence-electron chi connectivity index (χ3n) is 3.92. The Hall–Kier alpha value is -2.82. The highest BCUT2D eigenvalue weighted by Gasteiger charge is 2.14. The number of anilines is 1. The number of hydrogen-bond acceptors (Lipinski definition) is 3. The van der Waals surface area contributed by atoms with E-state index in [-0.39, 0.29) is 11.8 Å². The summed E-state index contributed by atoms with van der Waals surface area (Å²) in [5.74, 6) is 0.592. The monoisotopic (exact) mass is 368 g/mol. The van der Waals surface area contributed by atoms with Crippen LogP contribution in [-0.2, 0) is 0 Å². The lowest BCUT2D eigenvalue weighted by atomic mass is 10.1. The van der Waals surface area contributed by atoms with Crippen LogP contribution < -0.4 is 15.4 Å². The van der Waals surface area contributed by atoms with Gasteiger partial charge in [-0.15, -0.1) is 0 Å². The molecule has 0 radical (unpaired) electrons. The third kappa shape index (κ3) is 6.44. The van der Waals surface area contributed by atoms with Gasteiger partial charge in [-0.1, -0.05) is 45.4 Å². The fourth-order valence-electron chi connectivity index (χ4n) is 2.45. The number of carbonyl (C=O) groups excluding carboxylic acids is 2. The second-order valence-corrected chi connectivity index (χ2v) is 6.84. The van der Waals surface area contributed by atoms with Crippen LogP contribution in [0.15, 0.2) is 48.5 Å². The Bertz CT molecular complexity index is 772. The highest BCUT2D eigenvalue weighted by atomic mass is 16.5. The van der Waals surface area contributed by atoms with Crippen LogP contribution >= 0.6 is 0 Å². The molecule has 0 atom stereocenters. The highest BCUT2D eigenvalue weighted by Crippen LogP contribution is 2.19. The van der Waals surface area contributed by atoms with Crippen molar-refractivity contribution in [3.05, 3.63) is 59.7 Å². The predicted molar refractivity (Wildman–Crippen MR) is 108 cm³/mol. The van der Waals surface area contributed by atoms with Crippen molar-refractivity contribution in [1.82, 2.24) is 5.32 Å². The van der Waals surface area contributed by atoms with Crippen LogP contribution in [0.5, 0.6) is 5.75 Å². The van der Waals surface area contributed by atoms with Gasteiger partial charge in [0.15, 0.2) is 0 Å². The van der Waals surface area contributed by atoms with Crippen LogP contribution in [-0.4, -0.2) is 25.0 Å². The molecule has 0 bridgehead atoms. The summed E-state index contributed by atoms with van der Waals surface area (Å²) in [6.07, 6.45) is 1.93. The van der Waals surface area contributed by atoms with Gasteiger partial charge in [-0.3, -0.25) is 9.59 Å².